The van der Waals surface area contributed by atoms with Gasteiger partial charge in [-0.3, -0.25) is 4.79 Å². The van der Waals surface area contributed by atoms with Crippen molar-refractivity contribution in [2.75, 3.05) is 24.7 Å². The van der Waals surface area contributed by atoms with E-state index in [1.54, 1.807) is 0 Å². The molecule has 2 aliphatic rings. The van der Waals surface area contributed by atoms with E-state index in [0.29, 0.717) is 42.6 Å². The third-order valence-electron chi connectivity index (χ3n) is 3.64. The summed E-state index contributed by atoms with van der Waals surface area (Å²) in [5, 5.41) is 12.3. The number of hydrogen-bond acceptors (Lipinski definition) is 5. The molecule has 3 rings (SSSR count). The molecule has 0 spiro atoms. The molecule has 8 heteroatoms. The molecule has 1 fully saturated rings. The van der Waals surface area contributed by atoms with Gasteiger partial charge in [0.25, 0.3) is 5.91 Å². The summed E-state index contributed by atoms with van der Waals surface area (Å²) in [6, 6.07) is 2.98. The predicted molar refractivity (Wildman–Crippen MR) is 82.2 cm³/mol. The molecule has 2 aliphatic heterocycles. The summed E-state index contributed by atoms with van der Waals surface area (Å²) in [4.78, 5) is 23.9. The van der Waals surface area contributed by atoms with Gasteiger partial charge in [0.2, 0.25) is 0 Å². The Morgan fingerprint density at radius 2 is 2.09 bits per heavy atom. The van der Waals surface area contributed by atoms with E-state index in [9.17, 15) is 14.7 Å². The number of carbonyl (C=O) groups is 2. The van der Waals surface area contributed by atoms with Crippen LogP contribution in [-0.4, -0.2) is 47.2 Å². The first kappa shape index (κ1) is 15.3. The topological polar surface area (TPSA) is 84.9 Å². The van der Waals surface area contributed by atoms with Gasteiger partial charge in [0.05, 0.1) is 5.02 Å². The van der Waals surface area contributed by atoms with Crippen molar-refractivity contribution in [1.29, 1.82) is 0 Å². The maximum Gasteiger partial charge on any atom is 0.330 e. The second kappa shape index (κ2) is 5.89. The Kier molecular flexibility index (Phi) is 4.10. The van der Waals surface area contributed by atoms with Crippen LogP contribution in [0.25, 0.3) is 0 Å². The van der Waals surface area contributed by atoms with Crippen molar-refractivity contribution >= 4 is 35.2 Å². The molecule has 2 heterocycles. The number of rotatable bonds is 3. The lowest BCUT2D eigenvalue weighted by atomic mass is 9.98. The zero-order chi connectivity index (χ0) is 15.7. The number of hydrogen-bond donors (Lipinski definition) is 2. The first-order chi connectivity index (χ1) is 10.5. The summed E-state index contributed by atoms with van der Waals surface area (Å²) in [6.07, 6.45) is 0.400. The van der Waals surface area contributed by atoms with Crippen LogP contribution in [0.4, 0.5) is 0 Å². The van der Waals surface area contributed by atoms with Crippen LogP contribution in [0.15, 0.2) is 12.1 Å². The molecular weight excluding hydrogens is 330 g/mol. The fraction of sp³-hybridized carbons (Fsp3) is 0.429. The van der Waals surface area contributed by atoms with Crippen molar-refractivity contribution in [2.45, 2.75) is 12.0 Å². The zero-order valence-corrected chi connectivity index (χ0v) is 13.1. The molecular formula is C14H14ClNO5S. The minimum atomic E-state index is -1.22. The SMILES string of the molecule is O=C(NC1(C(=O)O)CCSC1)c1cc(Cl)c2c(c1)OCCO2. The second-order valence-corrected chi connectivity index (χ2v) is 6.64. The quantitative estimate of drug-likeness (QED) is 0.870. The average molecular weight is 344 g/mol. The lowest BCUT2D eigenvalue weighted by molar-refractivity contribution is -0.143. The van der Waals surface area contributed by atoms with E-state index in [4.69, 9.17) is 21.1 Å². The van der Waals surface area contributed by atoms with Gasteiger partial charge in [0.15, 0.2) is 11.5 Å². The molecule has 22 heavy (non-hydrogen) atoms. The first-order valence-corrected chi connectivity index (χ1v) is 8.28. The Balaban J connectivity index is 1.86. The highest BCUT2D eigenvalue weighted by atomic mass is 35.5. The number of halogens is 1. The van der Waals surface area contributed by atoms with Gasteiger partial charge >= 0.3 is 5.97 Å². The number of carboxylic acids is 1. The Bertz CT molecular complexity index is 630. The fourth-order valence-corrected chi connectivity index (χ4v) is 4.01. The van der Waals surface area contributed by atoms with Gasteiger partial charge in [0, 0.05) is 11.3 Å². The lowest BCUT2D eigenvalue weighted by Crippen LogP contribution is -2.54. The second-order valence-electron chi connectivity index (χ2n) is 5.13. The maximum atomic E-state index is 12.4. The van der Waals surface area contributed by atoms with E-state index in [-0.39, 0.29) is 10.6 Å². The van der Waals surface area contributed by atoms with E-state index in [2.05, 4.69) is 5.32 Å². The highest BCUT2D eigenvalue weighted by Crippen LogP contribution is 2.38. The number of aliphatic carboxylic acids is 1. The standard InChI is InChI=1S/C14H14ClNO5S/c15-9-5-8(6-10-11(9)21-3-2-20-10)12(17)16-14(13(18)19)1-4-22-7-14/h5-6H,1-4,7H2,(H,16,17)(H,18,19). The molecule has 2 N–H and O–H groups in total. The predicted octanol–water partition coefficient (Wildman–Crippen LogP) is 1.80. The van der Waals surface area contributed by atoms with Crippen molar-refractivity contribution in [3.8, 4) is 11.5 Å². The normalized spacial score (nSPS) is 23.1. The average Bonchev–Trinajstić information content (AvgIpc) is 2.97. The molecule has 1 atom stereocenters. The van der Waals surface area contributed by atoms with Gasteiger partial charge in [0.1, 0.15) is 18.8 Å². The van der Waals surface area contributed by atoms with Gasteiger partial charge in [-0.05, 0) is 24.3 Å². The van der Waals surface area contributed by atoms with Gasteiger partial charge in [-0.1, -0.05) is 11.6 Å². The molecule has 1 amide bonds. The third kappa shape index (κ3) is 2.70. The van der Waals surface area contributed by atoms with E-state index in [1.807, 2.05) is 0 Å². The van der Waals surface area contributed by atoms with Crippen molar-refractivity contribution in [3.05, 3.63) is 22.7 Å². The zero-order valence-electron chi connectivity index (χ0n) is 11.6. The number of amides is 1. The molecule has 1 aromatic rings. The van der Waals surface area contributed by atoms with E-state index in [1.165, 1.54) is 23.9 Å². The van der Waals surface area contributed by atoms with Crippen LogP contribution in [-0.2, 0) is 4.79 Å². The summed E-state index contributed by atoms with van der Waals surface area (Å²) < 4.78 is 10.8. The van der Waals surface area contributed by atoms with Gasteiger partial charge in [-0.2, -0.15) is 11.8 Å². The van der Waals surface area contributed by atoms with E-state index < -0.39 is 17.4 Å². The summed E-state index contributed by atoms with van der Waals surface area (Å²) in [5.41, 5.74) is -0.964. The number of benzene rings is 1. The van der Waals surface area contributed by atoms with Crippen LogP contribution < -0.4 is 14.8 Å². The van der Waals surface area contributed by atoms with Crippen LogP contribution in [0.2, 0.25) is 5.02 Å². The highest BCUT2D eigenvalue weighted by Gasteiger charge is 2.43. The smallest absolute Gasteiger partial charge is 0.330 e. The minimum absolute atomic E-state index is 0.256. The van der Waals surface area contributed by atoms with Crippen molar-refractivity contribution in [2.24, 2.45) is 0 Å². The highest BCUT2D eigenvalue weighted by molar-refractivity contribution is 7.99. The molecule has 1 saturated heterocycles. The molecule has 0 aromatic heterocycles. The number of carboxylic acid groups (broad SMARTS) is 1. The van der Waals surface area contributed by atoms with Crippen molar-refractivity contribution < 1.29 is 24.2 Å². The van der Waals surface area contributed by atoms with Crippen LogP contribution in [0.3, 0.4) is 0 Å². The molecule has 1 unspecified atom stereocenters. The number of ether oxygens (including phenoxy) is 2. The molecule has 0 radical (unpaired) electrons. The summed E-state index contributed by atoms with van der Waals surface area (Å²) in [6.45, 7) is 0.779. The maximum absolute atomic E-state index is 12.4. The van der Waals surface area contributed by atoms with Gasteiger partial charge in [-0.15, -0.1) is 0 Å². The van der Waals surface area contributed by atoms with Gasteiger partial charge in [-0.25, -0.2) is 4.79 Å². The molecule has 1 aromatic carbocycles. The first-order valence-electron chi connectivity index (χ1n) is 6.75. The Morgan fingerprint density at radius 1 is 1.32 bits per heavy atom. The van der Waals surface area contributed by atoms with E-state index >= 15 is 0 Å². The summed E-state index contributed by atoms with van der Waals surface area (Å²) in [5.74, 6) is 0.363. The Morgan fingerprint density at radius 3 is 2.77 bits per heavy atom. The van der Waals surface area contributed by atoms with Crippen molar-refractivity contribution in [3.63, 3.8) is 0 Å². The van der Waals surface area contributed by atoms with Crippen molar-refractivity contribution in [1.82, 2.24) is 5.32 Å². The Hall–Kier alpha value is -1.60. The summed E-state index contributed by atoms with van der Waals surface area (Å²) in [7, 11) is 0. The fourth-order valence-electron chi connectivity index (χ4n) is 2.42. The molecule has 0 aliphatic carbocycles. The number of carbonyl (C=O) groups excluding carboxylic acids is 1. The molecule has 6 nitrogen and oxygen atoms in total. The van der Waals surface area contributed by atoms with Crippen LogP contribution in [0.5, 0.6) is 11.5 Å². The number of fused-ring (bicyclic) bond motifs is 1. The summed E-state index contributed by atoms with van der Waals surface area (Å²) >= 11 is 7.61. The number of thioether (sulfide) groups is 1. The molecule has 0 saturated carbocycles. The third-order valence-corrected chi connectivity index (χ3v) is 5.11. The largest absolute Gasteiger partial charge is 0.486 e. The monoisotopic (exact) mass is 343 g/mol. The molecule has 118 valence electrons. The lowest BCUT2D eigenvalue weighted by Gasteiger charge is -2.25. The minimum Gasteiger partial charge on any atom is -0.486 e. The molecule has 0 bridgehead atoms. The van der Waals surface area contributed by atoms with E-state index in [0.717, 1.165) is 0 Å². The van der Waals surface area contributed by atoms with Gasteiger partial charge < -0.3 is 19.9 Å². The van der Waals surface area contributed by atoms with Crippen LogP contribution >= 0.6 is 23.4 Å². The number of nitrogens with one attached hydrogen (secondary N) is 1. The van der Waals surface area contributed by atoms with Crippen LogP contribution in [0, 0.1) is 0 Å². The van der Waals surface area contributed by atoms with Crippen LogP contribution in [0.1, 0.15) is 16.8 Å². The Labute approximate surface area is 136 Å².